The Hall–Kier alpha value is -2.05. The van der Waals surface area contributed by atoms with Crippen LogP contribution in [0.4, 0.5) is 0 Å². The number of nitrogens with zero attached hydrogens (tertiary/aromatic N) is 2. The summed E-state index contributed by atoms with van der Waals surface area (Å²) in [4.78, 5) is 16.3. The van der Waals surface area contributed by atoms with E-state index in [-0.39, 0.29) is 17.9 Å². The van der Waals surface area contributed by atoms with Crippen LogP contribution in [0.5, 0.6) is 0 Å². The van der Waals surface area contributed by atoms with Gasteiger partial charge in [-0.15, -0.1) is 11.8 Å². The predicted octanol–water partition coefficient (Wildman–Crippen LogP) is 2.58. The van der Waals surface area contributed by atoms with Gasteiger partial charge >= 0.3 is 0 Å². The zero-order valence-corrected chi connectivity index (χ0v) is 14.7. The summed E-state index contributed by atoms with van der Waals surface area (Å²) in [7, 11) is 0. The Morgan fingerprint density at radius 3 is 3.04 bits per heavy atom. The van der Waals surface area contributed by atoms with Gasteiger partial charge in [0.25, 0.3) is 0 Å². The molecule has 6 heteroatoms. The van der Waals surface area contributed by atoms with E-state index >= 15 is 0 Å². The molecule has 1 fully saturated rings. The van der Waals surface area contributed by atoms with Crippen LogP contribution >= 0.6 is 11.8 Å². The molecule has 2 aliphatic heterocycles. The van der Waals surface area contributed by atoms with Crippen molar-refractivity contribution >= 4 is 22.6 Å². The fraction of sp³-hybridized carbons (Fsp3) is 0.368. The zero-order chi connectivity index (χ0) is 17.1. The van der Waals surface area contributed by atoms with E-state index in [0.717, 1.165) is 22.6 Å². The van der Waals surface area contributed by atoms with Gasteiger partial charge in [-0.2, -0.15) is 5.10 Å². The van der Waals surface area contributed by atoms with Crippen LogP contribution in [0.3, 0.4) is 0 Å². The molecule has 1 aromatic heterocycles. The minimum Gasteiger partial charge on any atom is -0.377 e. The van der Waals surface area contributed by atoms with Crippen molar-refractivity contribution in [2.75, 3.05) is 25.5 Å². The Bertz CT molecular complexity index is 745. The van der Waals surface area contributed by atoms with Crippen molar-refractivity contribution in [3.05, 3.63) is 59.9 Å². The van der Waals surface area contributed by atoms with Crippen molar-refractivity contribution in [2.24, 2.45) is 5.92 Å². The number of hydrogen-bond donors (Lipinski definition) is 1. The van der Waals surface area contributed by atoms with Crippen LogP contribution in [0, 0.1) is 5.92 Å². The Morgan fingerprint density at radius 2 is 2.24 bits per heavy atom. The maximum absolute atomic E-state index is 13.1. The highest BCUT2D eigenvalue weighted by molar-refractivity contribution is 8.08. The normalized spacial score (nSPS) is 23.5. The number of carbonyl (C=O) groups is 1. The SMILES string of the molecule is O=C(C1C=C(c2cn[nH]c2)SC1)N1CCOC[C@@H]1Cc1ccccc1. The average Bonchev–Trinajstić information content (AvgIpc) is 3.34. The smallest absolute Gasteiger partial charge is 0.230 e. The number of morpholine rings is 1. The van der Waals surface area contributed by atoms with Gasteiger partial charge in [0, 0.05) is 29.0 Å². The summed E-state index contributed by atoms with van der Waals surface area (Å²) in [6.07, 6.45) is 6.61. The van der Waals surface area contributed by atoms with Gasteiger partial charge < -0.3 is 9.64 Å². The number of rotatable bonds is 4. The number of H-pyrrole nitrogens is 1. The van der Waals surface area contributed by atoms with Crippen LogP contribution in [0.1, 0.15) is 11.1 Å². The standard InChI is InChI=1S/C19H21N3O2S/c23-19(15-9-18(25-13-15)16-10-20-21-11-16)22-6-7-24-12-17(22)8-14-4-2-1-3-5-14/h1-5,9-11,15,17H,6-8,12-13H2,(H,20,21)/t15?,17-/m0/s1. The van der Waals surface area contributed by atoms with E-state index in [1.54, 1.807) is 18.0 Å². The molecule has 25 heavy (non-hydrogen) atoms. The summed E-state index contributed by atoms with van der Waals surface area (Å²) in [5.41, 5.74) is 2.30. The van der Waals surface area contributed by atoms with Gasteiger partial charge in [-0.3, -0.25) is 9.89 Å². The first kappa shape index (κ1) is 16.4. The van der Waals surface area contributed by atoms with Crippen LogP contribution in [0.25, 0.3) is 4.91 Å². The van der Waals surface area contributed by atoms with Crippen molar-refractivity contribution in [1.82, 2.24) is 15.1 Å². The Morgan fingerprint density at radius 1 is 1.36 bits per heavy atom. The zero-order valence-electron chi connectivity index (χ0n) is 13.9. The third kappa shape index (κ3) is 3.65. The highest BCUT2D eigenvalue weighted by atomic mass is 32.2. The molecule has 1 unspecified atom stereocenters. The second-order valence-electron chi connectivity index (χ2n) is 6.39. The van der Waals surface area contributed by atoms with E-state index in [2.05, 4.69) is 28.4 Å². The van der Waals surface area contributed by atoms with Crippen LogP contribution in [0.2, 0.25) is 0 Å². The quantitative estimate of drug-likeness (QED) is 0.916. The molecule has 2 aromatic rings. The minimum atomic E-state index is -0.0636. The maximum Gasteiger partial charge on any atom is 0.230 e. The summed E-state index contributed by atoms with van der Waals surface area (Å²) in [5.74, 6) is 0.955. The molecule has 2 aliphatic rings. The van der Waals surface area contributed by atoms with E-state index in [4.69, 9.17) is 4.74 Å². The molecule has 4 rings (SSSR count). The molecule has 0 aliphatic carbocycles. The van der Waals surface area contributed by atoms with Crippen molar-refractivity contribution in [3.8, 4) is 0 Å². The van der Waals surface area contributed by atoms with Gasteiger partial charge in [0.1, 0.15) is 0 Å². The third-order valence-electron chi connectivity index (χ3n) is 4.70. The average molecular weight is 355 g/mol. The van der Waals surface area contributed by atoms with Crippen molar-refractivity contribution < 1.29 is 9.53 Å². The van der Waals surface area contributed by atoms with Crippen LogP contribution in [0.15, 0.2) is 48.8 Å². The number of carbonyl (C=O) groups excluding carboxylic acids is 1. The number of thioether (sulfide) groups is 1. The van der Waals surface area contributed by atoms with Crippen LogP contribution in [-0.4, -0.2) is 52.6 Å². The molecule has 1 saturated heterocycles. The highest BCUT2D eigenvalue weighted by Crippen LogP contribution is 2.37. The van der Waals surface area contributed by atoms with E-state index in [9.17, 15) is 4.79 Å². The van der Waals surface area contributed by atoms with Crippen molar-refractivity contribution in [3.63, 3.8) is 0 Å². The molecule has 1 N–H and O–H groups in total. The molecule has 1 amide bonds. The van der Waals surface area contributed by atoms with E-state index in [1.807, 2.05) is 29.3 Å². The first-order chi connectivity index (χ1) is 12.3. The van der Waals surface area contributed by atoms with Crippen LogP contribution in [-0.2, 0) is 16.0 Å². The van der Waals surface area contributed by atoms with E-state index in [1.165, 1.54) is 5.56 Å². The van der Waals surface area contributed by atoms with Gasteiger partial charge in [-0.1, -0.05) is 36.4 Å². The fourth-order valence-corrected chi connectivity index (χ4v) is 4.52. The van der Waals surface area contributed by atoms with Crippen molar-refractivity contribution in [2.45, 2.75) is 12.5 Å². The predicted molar refractivity (Wildman–Crippen MR) is 99.0 cm³/mol. The second-order valence-corrected chi connectivity index (χ2v) is 7.45. The Balaban J connectivity index is 1.48. The molecule has 0 bridgehead atoms. The number of aromatic amines is 1. The number of benzene rings is 1. The molecule has 3 heterocycles. The summed E-state index contributed by atoms with van der Waals surface area (Å²) in [6.45, 7) is 1.90. The summed E-state index contributed by atoms with van der Waals surface area (Å²) in [5, 5.41) is 6.83. The van der Waals surface area contributed by atoms with E-state index < -0.39 is 0 Å². The number of hydrogen-bond acceptors (Lipinski definition) is 4. The van der Waals surface area contributed by atoms with Crippen LogP contribution < -0.4 is 0 Å². The lowest BCUT2D eigenvalue weighted by atomic mass is 10.0. The van der Waals surface area contributed by atoms with Gasteiger partial charge in [0.2, 0.25) is 5.91 Å². The Labute approximate surface area is 151 Å². The fourth-order valence-electron chi connectivity index (χ4n) is 3.38. The maximum atomic E-state index is 13.1. The molecule has 5 nitrogen and oxygen atoms in total. The number of amides is 1. The summed E-state index contributed by atoms with van der Waals surface area (Å²) in [6, 6.07) is 10.4. The lowest BCUT2D eigenvalue weighted by molar-refractivity contribution is -0.142. The number of nitrogens with one attached hydrogen (secondary N) is 1. The van der Waals surface area contributed by atoms with Gasteiger partial charge in [-0.25, -0.2) is 0 Å². The van der Waals surface area contributed by atoms with Gasteiger partial charge in [-0.05, 0) is 12.0 Å². The summed E-state index contributed by atoms with van der Waals surface area (Å²) < 4.78 is 5.65. The highest BCUT2D eigenvalue weighted by Gasteiger charge is 2.33. The topological polar surface area (TPSA) is 58.2 Å². The first-order valence-electron chi connectivity index (χ1n) is 8.57. The molecule has 0 spiro atoms. The molecule has 2 atom stereocenters. The number of aromatic nitrogens is 2. The molecular formula is C19H21N3O2S. The van der Waals surface area contributed by atoms with Gasteiger partial charge in [0.05, 0.1) is 31.4 Å². The summed E-state index contributed by atoms with van der Waals surface area (Å²) >= 11 is 1.73. The Kier molecular flexibility index (Phi) is 4.90. The molecular weight excluding hydrogens is 334 g/mol. The minimum absolute atomic E-state index is 0.0636. The third-order valence-corrected chi connectivity index (χ3v) is 5.90. The lowest BCUT2D eigenvalue weighted by Gasteiger charge is -2.37. The molecule has 1 aromatic carbocycles. The monoisotopic (exact) mass is 355 g/mol. The molecule has 130 valence electrons. The second kappa shape index (κ2) is 7.45. The molecule has 0 saturated carbocycles. The first-order valence-corrected chi connectivity index (χ1v) is 9.56. The van der Waals surface area contributed by atoms with Crippen molar-refractivity contribution in [1.29, 1.82) is 0 Å². The molecule has 0 radical (unpaired) electrons. The van der Waals surface area contributed by atoms with Gasteiger partial charge in [0.15, 0.2) is 0 Å². The largest absolute Gasteiger partial charge is 0.377 e. The lowest BCUT2D eigenvalue weighted by Crippen LogP contribution is -2.51. The van der Waals surface area contributed by atoms with E-state index in [0.29, 0.717) is 19.8 Å². The number of ether oxygens (including phenoxy) is 1.